The van der Waals surface area contributed by atoms with Gasteiger partial charge in [0.05, 0.1) is 6.54 Å². The summed E-state index contributed by atoms with van der Waals surface area (Å²) in [6, 6.07) is 0.164. The molecule has 2 N–H and O–H groups in total. The lowest BCUT2D eigenvalue weighted by Gasteiger charge is -2.36. The first-order chi connectivity index (χ1) is 14.4. The summed E-state index contributed by atoms with van der Waals surface area (Å²) in [7, 11) is 1.76. The molecule has 1 fully saturated rings. The molecule has 1 unspecified atom stereocenters. The molecule has 1 aliphatic heterocycles. The van der Waals surface area contributed by atoms with Crippen molar-refractivity contribution in [2.45, 2.75) is 60.1 Å². The number of guanidine groups is 1. The average Bonchev–Trinajstić information content (AvgIpc) is 2.63. The summed E-state index contributed by atoms with van der Waals surface area (Å²) in [6.07, 6.45) is -0.312. The van der Waals surface area contributed by atoms with Gasteiger partial charge in [0.15, 0.2) is 5.96 Å². The monoisotopic (exact) mass is 568 g/mol. The number of halogens is 1. The van der Waals surface area contributed by atoms with Crippen LogP contribution in [0.25, 0.3) is 0 Å². The van der Waals surface area contributed by atoms with E-state index < -0.39 is 5.60 Å². The highest BCUT2D eigenvalue weighted by atomic mass is 127. The number of carbonyl (C=O) groups excluding carboxylic acids is 2. The molecule has 0 bridgehead atoms. The van der Waals surface area contributed by atoms with Crippen molar-refractivity contribution in [1.82, 2.24) is 25.3 Å². The fourth-order valence-corrected chi connectivity index (χ4v) is 3.30. The molecule has 10 heteroatoms. The van der Waals surface area contributed by atoms with E-state index >= 15 is 0 Å². The molecule has 0 radical (unpaired) electrons. The summed E-state index contributed by atoms with van der Waals surface area (Å²) in [5.41, 5.74) is -0.497. The fraction of sp³-hybridized carbons (Fsp3) is 0.864. The molecule has 1 rings (SSSR count). The minimum Gasteiger partial charge on any atom is -0.444 e. The number of hydrogen-bond acceptors (Lipinski definition) is 5. The zero-order valence-corrected chi connectivity index (χ0v) is 23.6. The summed E-state index contributed by atoms with van der Waals surface area (Å²) in [6.45, 7) is 19.4. The van der Waals surface area contributed by atoms with Gasteiger partial charge in [-0.2, -0.15) is 0 Å². The summed E-state index contributed by atoms with van der Waals surface area (Å²) < 4.78 is 5.42. The van der Waals surface area contributed by atoms with Crippen LogP contribution >= 0.6 is 24.0 Å². The van der Waals surface area contributed by atoms with Crippen molar-refractivity contribution < 1.29 is 14.3 Å². The Labute approximate surface area is 211 Å². The highest BCUT2D eigenvalue weighted by Gasteiger charge is 2.23. The van der Waals surface area contributed by atoms with Crippen LogP contribution in [-0.2, 0) is 9.53 Å². The highest BCUT2D eigenvalue weighted by Crippen LogP contribution is 2.10. The average molecular weight is 569 g/mol. The third kappa shape index (κ3) is 12.7. The molecule has 2 amide bonds. The Morgan fingerprint density at radius 3 is 2.22 bits per heavy atom. The summed E-state index contributed by atoms with van der Waals surface area (Å²) in [5.74, 6) is 1.17. The molecule has 0 aliphatic carbocycles. The quantitative estimate of drug-likeness (QED) is 0.265. The molecule has 9 nitrogen and oxygen atoms in total. The second kappa shape index (κ2) is 14.8. The van der Waals surface area contributed by atoms with Gasteiger partial charge in [-0.05, 0) is 47.5 Å². The minimum absolute atomic E-state index is 0. The Morgan fingerprint density at radius 2 is 1.72 bits per heavy atom. The van der Waals surface area contributed by atoms with Gasteiger partial charge < -0.3 is 25.2 Å². The Morgan fingerprint density at radius 1 is 1.12 bits per heavy atom. The van der Waals surface area contributed by atoms with Crippen molar-refractivity contribution in [3.8, 4) is 0 Å². The highest BCUT2D eigenvalue weighted by molar-refractivity contribution is 14.0. The van der Waals surface area contributed by atoms with E-state index in [1.807, 2.05) is 34.6 Å². The number of amides is 2. The molecule has 1 heterocycles. The second-order valence-corrected chi connectivity index (χ2v) is 9.65. The van der Waals surface area contributed by atoms with Crippen LogP contribution in [0.3, 0.4) is 0 Å². The summed E-state index contributed by atoms with van der Waals surface area (Å²) >= 11 is 0. The zero-order chi connectivity index (χ0) is 23.6. The van der Waals surface area contributed by atoms with Gasteiger partial charge in [-0.1, -0.05) is 6.92 Å². The molecule has 32 heavy (non-hydrogen) atoms. The van der Waals surface area contributed by atoms with Crippen LogP contribution in [0, 0.1) is 5.92 Å². The molecule has 0 aromatic carbocycles. The summed E-state index contributed by atoms with van der Waals surface area (Å²) in [4.78, 5) is 35.0. The van der Waals surface area contributed by atoms with Crippen molar-refractivity contribution in [1.29, 1.82) is 0 Å². The third-order valence-electron chi connectivity index (χ3n) is 4.67. The number of ether oxygens (including phenoxy) is 1. The molecular formula is C22H45IN6O3. The van der Waals surface area contributed by atoms with Crippen LogP contribution in [0.2, 0.25) is 0 Å². The van der Waals surface area contributed by atoms with E-state index in [1.54, 1.807) is 11.9 Å². The van der Waals surface area contributed by atoms with Crippen molar-refractivity contribution in [2.75, 3.05) is 59.4 Å². The number of nitrogens with one attached hydrogen (secondary N) is 2. The zero-order valence-electron chi connectivity index (χ0n) is 21.2. The summed E-state index contributed by atoms with van der Waals surface area (Å²) in [5, 5.41) is 6.32. The number of piperazine rings is 1. The Bertz CT molecular complexity index is 601. The fourth-order valence-electron chi connectivity index (χ4n) is 3.30. The van der Waals surface area contributed by atoms with Gasteiger partial charge in [-0.3, -0.25) is 14.7 Å². The van der Waals surface area contributed by atoms with Gasteiger partial charge in [0.25, 0.3) is 0 Å². The molecule has 1 atom stereocenters. The van der Waals surface area contributed by atoms with Gasteiger partial charge >= 0.3 is 6.09 Å². The van der Waals surface area contributed by atoms with Crippen molar-refractivity contribution in [3.05, 3.63) is 0 Å². The van der Waals surface area contributed by atoms with Crippen molar-refractivity contribution in [2.24, 2.45) is 10.9 Å². The van der Waals surface area contributed by atoms with E-state index in [4.69, 9.17) is 9.73 Å². The Hall–Kier alpha value is -1.30. The first-order valence-electron chi connectivity index (χ1n) is 11.4. The maximum absolute atomic E-state index is 12.2. The smallest absolute Gasteiger partial charge is 0.410 e. The molecule has 1 aliphatic rings. The van der Waals surface area contributed by atoms with Gasteiger partial charge in [0.2, 0.25) is 5.91 Å². The van der Waals surface area contributed by atoms with Gasteiger partial charge in [-0.15, -0.1) is 24.0 Å². The van der Waals surface area contributed by atoms with Gasteiger partial charge in [-0.25, -0.2) is 4.79 Å². The van der Waals surface area contributed by atoms with Gasteiger partial charge in [0, 0.05) is 58.9 Å². The third-order valence-corrected chi connectivity index (χ3v) is 4.67. The van der Waals surface area contributed by atoms with E-state index in [9.17, 15) is 9.59 Å². The number of nitrogens with zero attached hydrogens (tertiary/aromatic N) is 4. The van der Waals surface area contributed by atoms with Crippen LogP contribution in [-0.4, -0.2) is 104 Å². The van der Waals surface area contributed by atoms with Crippen LogP contribution in [0.1, 0.15) is 48.5 Å². The predicted molar refractivity (Wildman–Crippen MR) is 141 cm³/mol. The standard InChI is InChI=1S/C22H44N6O3.HI/c1-9-23-20(24-14-18(4)15-26(8)21(30)31-22(5,6)7)28-12-10-27(11-13-28)16-19(29)25-17(2)3;/h17-18H,9-16H2,1-8H3,(H,23,24)(H,25,29);1H. The first kappa shape index (κ1) is 30.7. The maximum Gasteiger partial charge on any atom is 0.410 e. The van der Waals surface area contributed by atoms with Crippen molar-refractivity contribution >= 4 is 41.9 Å². The van der Waals surface area contributed by atoms with Gasteiger partial charge in [0.1, 0.15) is 5.60 Å². The lowest BCUT2D eigenvalue weighted by Crippen LogP contribution is -2.54. The lowest BCUT2D eigenvalue weighted by atomic mass is 10.2. The maximum atomic E-state index is 12.2. The molecule has 0 saturated carbocycles. The molecule has 1 saturated heterocycles. The van der Waals surface area contributed by atoms with Crippen LogP contribution in [0.15, 0.2) is 4.99 Å². The topological polar surface area (TPSA) is 89.5 Å². The number of hydrogen-bond donors (Lipinski definition) is 2. The van der Waals surface area contributed by atoms with E-state index in [1.165, 1.54) is 0 Å². The number of carbonyl (C=O) groups is 2. The molecular weight excluding hydrogens is 523 g/mol. The van der Waals surface area contributed by atoms with E-state index in [0.717, 1.165) is 38.7 Å². The van der Waals surface area contributed by atoms with Crippen molar-refractivity contribution in [3.63, 3.8) is 0 Å². The normalized spacial score (nSPS) is 16.3. The van der Waals surface area contributed by atoms with E-state index in [0.29, 0.717) is 19.6 Å². The predicted octanol–water partition coefficient (Wildman–Crippen LogP) is 2.22. The first-order valence-corrected chi connectivity index (χ1v) is 11.4. The molecule has 0 aromatic heterocycles. The van der Waals surface area contributed by atoms with E-state index in [2.05, 4.69) is 34.3 Å². The number of aliphatic imine (C=N–C) groups is 1. The van der Waals surface area contributed by atoms with Crippen LogP contribution in [0.4, 0.5) is 4.79 Å². The number of rotatable bonds is 8. The Kier molecular flexibility index (Phi) is 14.2. The molecule has 188 valence electrons. The Balaban J connectivity index is 0.00000961. The molecule has 0 spiro atoms. The second-order valence-electron chi connectivity index (χ2n) is 9.65. The largest absolute Gasteiger partial charge is 0.444 e. The molecule has 0 aromatic rings. The minimum atomic E-state index is -0.497. The van der Waals surface area contributed by atoms with Crippen LogP contribution in [0.5, 0.6) is 0 Å². The SMILES string of the molecule is CCNC(=NCC(C)CN(C)C(=O)OC(C)(C)C)N1CCN(CC(=O)NC(C)C)CC1.I. The van der Waals surface area contributed by atoms with E-state index in [-0.39, 0.29) is 47.9 Å². The lowest BCUT2D eigenvalue weighted by molar-refractivity contribution is -0.123. The van der Waals surface area contributed by atoms with Crippen LogP contribution < -0.4 is 10.6 Å².